The molecule has 1 aliphatic rings. The van der Waals surface area contributed by atoms with E-state index in [9.17, 15) is 4.79 Å². The Labute approximate surface area is 154 Å². The lowest BCUT2D eigenvalue weighted by atomic mass is 9.78. The van der Waals surface area contributed by atoms with Gasteiger partial charge in [0, 0.05) is 42.9 Å². The van der Waals surface area contributed by atoms with Crippen LogP contribution in [0.25, 0.3) is 6.08 Å². The van der Waals surface area contributed by atoms with Crippen LogP contribution >= 0.6 is 0 Å². The van der Waals surface area contributed by atoms with Gasteiger partial charge in [-0.25, -0.2) is 15.0 Å². The van der Waals surface area contributed by atoms with Crippen molar-refractivity contribution in [3.63, 3.8) is 0 Å². The average Bonchev–Trinajstić information content (AvgIpc) is 2.99. The summed E-state index contributed by atoms with van der Waals surface area (Å²) >= 11 is 0. The van der Waals surface area contributed by atoms with Crippen LogP contribution in [0.15, 0.2) is 24.3 Å². The number of piperidine rings is 1. The van der Waals surface area contributed by atoms with Crippen LogP contribution in [0.3, 0.4) is 0 Å². The van der Waals surface area contributed by atoms with E-state index in [0.29, 0.717) is 0 Å². The molecule has 0 bridgehead atoms. The molecule has 2 N–H and O–H groups in total. The molecule has 2 aromatic rings. The minimum absolute atomic E-state index is 0.0660. The van der Waals surface area contributed by atoms with E-state index in [-0.39, 0.29) is 11.3 Å². The number of imidazole rings is 1. The zero-order chi connectivity index (χ0) is 18.7. The molecule has 1 aliphatic heterocycles. The van der Waals surface area contributed by atoms with Gasteiger partial charge >= 0.3 is 0 Å². The van der Waals surface area contributed by atoms with Gasteiger partial charge in [0.2, 0.25) is 5.91 Å². The van der Waals surface area contributed by atoms with Gasteiger partial charge < -0.3 is 15.2 Å². The first kappa shape index (κ1) is 18.1. The van der Waals surface area contributed by atoms with Crippen molar-refractivity contribution >= 4 is 17.8 Å². The predicted molar refractivity (Wildman–Crippen MR) is 101 cm³/mol. The zero-order valence-electron chi connectivity index (χ0n) is 15.8. The maximum atomic E-state index is 11.8. The number of carbonyl (C=O) groups excluding carboxylic acids is 1. The van der Waals surface area contributed by atoms with Crippen molar-refractivity contribution in [2.75, 3.05) is 18.0 Å². The molecule has 0 spiro atoms. The smallest absolute Gasteiger partial charge is 0.221 e. The van der Waals surface area contributed by atoms with E-state index in [1.54, 1.807) is 19.4 Å². The number of rotatable bonds is 4. The molecule has 7 nitrogen and oxygen atoms in total. The number of aryl methyl sites for hydroxylation is 2. The number of hydrogen-bond donors (Lipinski definition) is 2. The van der Waals surface area contributed by atoms with E-state index >= 15 is 0 Å². The highest BCUT2D eigenvalue weighted by atomic mass is 16.1. The summed E-state index contributed by atoms with van der Waals surface area (Å²) in [6, 6.07) is 2.01. The van der Waals surface area contributed by atoms with Crippen LogP contribution in [0.4, 0.5) is 5.82 Å². The molecule has 0 aromatic carbocycles. The van der Waals surface area contributed by atoms with Crippen molar-refractivity contribution in [2.45, 2.75) is 40.5 Å². The van der Waals surface area contributed by atoms with Gasteiger partial charge in [-0.05, 0) is 32.8 Å². The molecule has 138 valence electrons. The van der Waals surface area contributed by atoms with Crippen LogP contribution in [0.5, 0.6) is 0 Å². The Balaban J connectivity index is 1.91. The normalized spacial score (nSPS) is 20.9. The number of anilines is 1. The summed E-state index contributed by atoms with van der Waals surface area (Å²) < 4.78 is 0. The molecular formula is C19H26N6O. The van der Waals surface area contributed by atoms with Crippen molar-refractivity contribution in [1.82, 2.24) is 25.3 Å². The Morgan fingerprint density at radius 3 is 2.81 bits per heavy atom. The number of amides is 1. The fraction of sp³-hybridized carbons (Fsp3) is 0.474. The summed E-state index contributed by atoms with van der Waals surface area (Å²) in [5.41, 5.74) is 2.56. The molecule has 26 heavy (non-hydrogen) atoms. The first-order chi connectivity index (χ1) is 12.4. The maximum absolute atomic E-state index is 11.8. The summed E-state index contributed by atoms with van der Waals surface area (Å²) in [4.78, 5) is 30.2. The number of aromatic nitrogens is 4. The van der Waals surface area contributed by atoms with Crippen molar-refractivity contribution in [3.8, 4) is 0 Å². The monoisotopic (exact) mass is 354 g/mol. The molecule has 2 aromatic heterocycles. The molecule has 1 amide bonds. The summed E-state index contributed by atoms with van der Waals surface area (Å²) in [7, 11) is 0. The second kappa shape index (κ2) is 7.27. The third-order valence-corrected chi connectivity index (χ3v) is 4.79. The molecule has 0 saturated carbocycles. The Morgan fingerprint density at radius 1 is 1.35 bits per heavy atom. The summed E-state index contributed by atoms with van der Waals surface area (Å²) in [6.07, 6.45) is 7.41. The largest absolute Gasteiger partial charge is 0.356 e. The number of nitrogens with zero attached hydrogens (tertiary/aromatic N) is 4. The fourth-order valence-electron chi connectivity index (χ4n) is 3.49. The van der Waals surface area contributed by atoms with Crippen LogP contribution < -0.4 is 10.2 Å². The van der Waals surface area contributed by atoms with E-state index in [4.69, 9.17) is 0 Å². The standard InChI is InChI=1S/C19H26N6O/c1-13-8-18(22-12-21-13)25-7-5-6-19(4,11-25)17(24-15(3)26)9-16-10-20-14(2)23-16/h8-10,12H,5-7,11H2,1-4H3,(H,20,23)(H,24,26)/b17-9-/t19-/m1/s1. The van der Waals surface area contributed by atoms with Crippen molar-refractivity contribution < 1.29 is 4.79 Å². The molecular weight excluding hydrogens is 328 g/mol. The molecule has 3 rings (SSSR count). The highest BCUT2D eigenvalue weighted by molar-refractivity contribution is 5.76. The minimum Gasteiger partial charge on any atom is -0.356 e. The predicted octanol–water partition coefficient (Wildman–Crippen LogP) is 2.60. The summed E-state index contributed by atoms with van der Waals surface area (Å²) in [5, 5.41) is 3.05. The van der Waals surface area contributed by atoms with Crippen LogP contribution in [-0.2, 0) is 4.79 Å². The van der Waals surface area contributed by atoms with Crippen LogP contribution in [0.1, 0.15) is 43.9 Å². The topological polar surface area (TPSA) is 86.8 Å². The number of carbonyl (C=O) groups is 1. The number of aromatic amines is 1. The van der Waals surface area contributed by atoms with Gasteiger partial charge in [0.05, 0.1) is 11.9 Å². The molecule has 3 heterocycles. The second-order valence-electron chi connectivity index (χ2n) is 7.27. The first-order valence-electron chi connectivity index (χ1n) is 8.91. The van der Waals surface area contributed by atoms with E-state index in [1.165, 1.54) is 0 Å². The molecule has 1 saturated heterocycles. The lowest BCUT2D eigenvalue weighted by molar-refractivity contribution is -0.118. The van der Waals surface area contributed by atoms with Gasteiger partial charge in [0.15, 0.2) is 0 Å². The number of hydrogen-bond acceptors (Lipinski definition) is 5. The van der Waals surface area contributed by atoms with Gasteiger partial charge in [-0.1, -0.05) is 6.92 Å². The second-order valence-corrected chi connectivity index (χ2v) is 7.27. The van der Waals surface area contributed by atoms with Crippen molar-refractivity contribution in [2.24, 2.45) is 5.41 Å². The molecule has 0 unspecified atom stereocenters. The molecule has 0 radical (unpaired) electrons. The van der Waals surface area contributed by atoms with Gasteiger partial charge in [0.1, 0.15) is 18.0 Å². The van der Waals surface area contributed by atoms with E-state index in [1.807, 2.05) is 26.0 Å². The minimum atomic E-state index is -0.193. The van der Waals surface area contributed by atoms with Gasteiger partial charge in [-0.2, -0.15) is 0 Å². The molecule has 7 heteroatoms. The molecule has 1 atom stereocenters. The summed E-state index contributed by atoms with van der Waals surface area (Å²) in [6.45, 7) is 9.35. The SMILES string of the molecule is CC(=O)N/C(=C\c1cnc(C)[nH]1)[C@]1(C)CCCN(c2cc(C)ncn2)C1. The fourth-order valence-corrected chi connectivity index (χ4v) is 3.49. The van der Waals surface area contributed by atoms with Crippen molar-refractivity contribution in [1.29, 1.82) is 0 Å². The third-order valence-electron chi connectivity index (χ3n) is 4.79. The van der Waals surface area contributed by atoms with Crippen LogP contribution in [0, 0.1) is 19.3 Å². The Bertz CT molecular complexity index is 827. The van der Waals surface area contributed by atoms with E-state index in [2.05, 4.69) is 37.1 Å². The first-order valence-corrected chi connectivity index (χ1v) is 8.91. The Morgan fingerprint density at radius 2 is 2.15 bits per heavy atom. The highest BCUT2D eigenvalue weighted by Gasteiger charge is 2.36. The Kier molecular flexibility index (Phi) is 5.06. The summed E-state index contributed by atoms with van der Waals surface area (Å²) in [5.74, 6) is 1.72. The molecule has 1 fully saturated rings. The maximum Gasteiger partial charge on any atom is 0.221 e. The number of nitrogens with one attached hydrogen (secondary N) is 2. The highest BCUT2D eigenvalue weighted by Crippen LogP contribution is 2.37. The van der Waals surface area contributed by atoms with Gasteiger partial charge in [-0.15, -0.1) is 0 Å². The number of H-pyrrole nitrogens is 1. The Hall–Kier alpha value is -2.70. The van der Waals surface area contributed by atoms with E-state index < -0.39 is 0 Å². The third kappa shape index (κ3) is 4.09. The van der Waals surface area contributed by atoms with Crippen LogP contribution in [0.2, 0.25) is 0 Å². The van der Waals surface area contributed by atoms with Gasteiger partial charge in [0.25, 0.3) is 0 Å². The quantitative estimate of drug-likeness (QED) is 0.881. The zero-order valence-corrected chi connectivity index (χ0v) is 15.8. The van der Waals surface area contributed by atoms with Crippen molar-refractivity contribution in [3.05, 3.63) is 41.5 Å². The molecule has 0 aliphatic carbocycles. The average molecular weight is 354 g/mol. The lowest BCUT2D eigenvalue weighted by Gasteiger charge is -2.42. The van der Waals surface area contributed by atoms with Crippen LogP contribution in [-0.4, -0.2) is 38.9 Å². The lowest BCUT2D eigenvalue weighted by Crippen LogP contribution is -2.46. The van der Waals surface area contributed by atoms with E-state index in [0.717, 1.165) is 54.7 Å². The van der Waals surface area contributed by atoms with Gasteiger partial charge in [-0.3, -0.25) is 4.79 Å².